The van der Waals surface area contributed by atoms with Gasteiger partial charge >= 0.3 is 0 Å². The summed E-state index contributed by atoms with van der Waals surface area (Å²) in [5.74, 6) is -0.0394. The molecule has 2 nitrogen and oxygen atoms in total. The molecule has 2 aromatic rings. The van der Waals surface area contributed by atoms with Crippen LogP contribution in [0.3, 0.4) is 0 Å². The number of rotatable bonds is 3. The number of hydrogen-bond acceptors (Lipinski definition) is 1. The van der Waals surface area contributed by atoms with Gasteiger partial charge in [0.25, 0.3) is 5.91 Å². The summed E-state index contributed by atoms with van der Waals surface area (Å²) < 4.78 is 1.68. The van der Waals surface area contributed by atoms with Gasteiger partial charge in [-0.25, -0.2) is 0 Å². The number of hydrogen-bond donors (Lipinski definition) is 0. The van der Waals surface area contributed by atoms with Crippen molar-refractivity contribution in [3.63, 3.8) is 0 Å². The average molecular weight is 397 g/mol. The van der Waals surface area contributed by atoms with E-state index in [0.29, 0.717) is 5.56 Å². The summed E-state index contributed by atoms with van der Waals surface area (Å²) in [4.78, 5) is 14.2. The molecule has 4 heteroatoms. The normalized spacial score (nSPS) is 10.4. The van der Waals surface area contributed by atoms with E-state index in [1.54, 1.807) is 11.9 Å². The molecule has 0 bridgehead atoms. The maximum absolute atomic E-state index is 12.5. The van der Waals surface area contributed by atoms with Crippen molar-refractivity contribution in [3.05, 3.63) is 62.5 Å². The van der Waals surface area contributed by atoms with E-state index in [2.05, 4.69) is 50.9 Å². The lowest BCUT2D eigenvalue weighted by Crippen LogP contribution is -2.26. The predicted octanol–water partition coefficient (Wildman–Crippen LogP) is 5.05. The Balaban J connectivity index is 2.29. The zero-order valence-corrected chi connectivity index (χ0v) is 14.5. The Morgan fingerprint density at radius 1 is 1.10 bits per heavy atom. The van der Waals surface area contributed by atoms with Crippen molar-refractivity contribution < 1.29 is 4.79 Å². The molecule has 0 aliphatic heterocycles. The number of anilines is 1. The first-order valence-electron chi connectivity index (χ1n) is 6.35. The number of aryl methyl sites for hydroxylation is 1. The van der Waals surface area contributed by atoms with Gasteiger partial charge in [0.05, 0.1) is 5.56 Å². The molecule has 0 saturated heterocycles. The molecule has 1 amide bonds. The number of carbonyl (C=O) groups excluding carboxylic acids is 1. The van der Waals surface area contributed by atoms with Crippen LogP contribution >= 0.6 is 31.9 Å². The third-order valence-corrected chi connectivity index (χ3v) is 4.38. The highest BCUT2D eigenvalue weighted by Crippen LogP contribution is 2.24. The molecule has 104 valence electrons. The predicted molar refractivity (Wildman–Crippen MR) is 90.4 cm³/mol. The zero-order valence-electron chi connectivity index (χ0n) is 11.4. The fraction of sp³-hybridized carbons (Fsp3) is 0.188. The number of carbonyl (C=O) groups is 1. The second-order valence-corrected chi connectivity index (χ2v) is 6.28. The average Bonchev–Trinajstić information content (AvgIpc) is 2.48. The molecule has 0 fully saturated rings. The standard InChI is InChI=1S/C16H15Br2NO/c1-3-11-4-7-13(8-5-11)19(2)16(20)14-10-12(17)6-9-15(14)18/h4-10H,3H2,1-2H3. The van der Waals surface area contributed by atoms with E-state index >= 15 is 0 Å². The molecule has 0 aromatic heterocycles. The highest BCUT2D eigenvalue weighted by Gasteiger charge is 2.16. The topological polar surface area (TPSA) is 20.3 Å². The van der Waals surface area contributed by atoms with Gasteiger partial charge < -0.3 is 4.90 Å². The molecule has 0 saturated carbocycles. The van der Waals surface area contributed by atoms with Crippen LogP contribution in [0.15, 0.2) is 51.4 Å². The molecule has 2 aromatic carbocycles. The van der Waals surface area contributed by atoms with Crippen LogP contribution in [0.1, 0.15) is 22.8 Å². The number of amides is 1. The molecular formula is C16H15Br2NO. The Kier molecular flexibility index (Phi) is 5.00. The second-order valence-electron chi connectivity index (χ2n) is 4.51. The van der Waals surface area contributed by atoms with Crippen molar-refractivity contribution in [3.8, 4) is 0 Å². The lowest BCUT2D eigenvalue weighted by molar-refractivity contribution is 0.0992. The Hall–Kier alpha value is -1.13. The third kappa shape index (κ3) is 3.30. The van der Waals surface area contributed by atoms with Crippen LogP contribution in [-0.4, -0.2) is 13.0 Å². The van der Waals surface area contributed by atoms with Crippen LogP contribution in [0.25, 0.3) is 0 Å². The molecule has 0 aliphatic rings. The maximum atomic E-state index is 12.5. The molecule has 0 N–H and O–H groups in total. The molecule has 0 aliphatic carbocycles. The second kappa shape index (κ2) is 6.55. The van der Waals surface area contributed by atoms with Crippen LogP contribution in [0, 0.1) is 0 Å². The lowest BCUT2D eigenvalue weighted by atomic mass is 10.1. The lowest BCUT2D eigenvalue weighted by Gasteiger charge is -2.18. The smallest absolute Gasteiger partial charge is 0.259 e. The minimum Gasteiger partial charge on any atom is -0.311 e. The van der Waals surface area contributed by atoms with Crippen molar-refractivity contribution in [2.75, 3.05) is 11.9 Å². The van der Waals surface area contributed by atoms with Gasteiger partial charge in [-0.3, -0.25) is 4.79 Å². The van der Waals surface area contributed by atoms with Crippen LogP contribution in [0.4, 0.5) is 5.69 Å². The van der Waals surface area contributed by atoms with Gasteiger partial charge in [0, 0.05) is 21.7 Å². The number of benzene rings is 2. The summed E-state index contributed by atoms with van der Waals surface area (Å²) in [6.45, 7) is 2.11. The van der Waals surface area contributed by atoms with Crippen LogP contribution in [0.5, 0.6) is 0 Å². The van der Waals surface area contributed by atoms with Gasteiger partial charge in [-0.1, -0.05) is 35.0 Å². The van der Waals surface area contributed by atoms with E-state index in [0.717, 1.165) is 21.1 Å². The Morgan fingerprint density at radius 2 is 1.75 bits per heavy atom. The summed E-state index contributed by atoms with van der Waals surface area (Å²) in [6.07, 6.45) is 0.995. The van der Waals surface area contributed by atoms with Crippen molar-refractivity contribution in [1.82, 2.24) is 0 Å². The Labute approximate surface area is 136 Å². The van der Waals surface area contributed by atoms with E-state index in [1.165, 1.54) is 5.56 Å². The molecule has 0 spiro atoms. The molecule has 2 rings (SSSR count). The van der Waals surface area contributed by atoms with Crippen molar-refractivity contribution in [1.29, 1.82) is 0 Å². The third-order valence-electron chi connectivity index (χ3n) is 3.20. The maximum Gasteiger partial charge on any atom is 0.259 e. The summed E-state index contributed by atoms with van der Waals surface area (Å²) in [5, 5.41) is 0. The first kappa shape index (κ1) is 15.3. The molecule has 0 atom stereocenters. The van der Waals surface area contributed by atoms with Gasteiger partial charge in [0.1, 0.15) is 0 Å². The zero-order chi connectivity index (χ0) is 14.7. The van der Waals surface area contributed by atoms with Crippen LogP contribution < -0.4 is 4.90 Å². The van der Waals surface area contributed by atoms with Crippen molar-refractivity contribution >= 4 is 43.5 Å². The SMILES string of the molecule is CCc1ccc(N(C)C(=O)c2cc(Br)ccc2Br)cc1. The summed E-state index contributed by atoms with van der Waals surface area (Å²) in [5.41, 5.74) is 2.79. The number of nitrogens with zero attached hydrogens (tertiary/aromatic N) is 1. The van der Waals surface area contributed by atoms with E-state index in [-0.39, 0.29) is 5.91 Å². The van der Waals surface area contributed by atoms with Gasteiger partial charge in [0.2, 0.25) is 0 Å². The van der Waals surface area contributed by atoms with Gasteiger partial charge in [-0.15, -0.1) is 0 Å². The molecule has 20 heavy (non-hydrogen) atoms. The van der Waals surface area contributed by atoms with Gasteiger partial charge in [0.15, 0.2) is 0 Å². The summed E-state index contributed by atoms with van der Waals surface area (Å²) in [7, 11) is 1.79. The molecule has 0 unspecified atom stereocenters. The highest BCUT2D eigenvalue weighted by atomic mass is 79.9. The Morgan fingerprint density at radius 3 is 2.35 bits per heavy atom. The minimum absolute atomic E-state index is 0.0394. The first-order chi connectivity index (χ1) is 9.52. The van der Waals surface area contributed by atoms with Crippen molar-refractivity contribution in [2.24, 2.45) is 0 Å². The van der Waals surface area contributed by atoms with E-state index in [1.807, 2.05) is 30.3 Å². The van der Waals surface area contributed by atoms with Crippen molar-refractivity contribution in [2.45, 2.75) is 13.3 Å². The minimum atomic E-state index is -0.0394. The van der Waals surface area contributed by atoms with Crippen LogP contribution in [-0.2, 0) is 6.42 Å². The Bertz CT molecular complexity index is 623. The van der Waals surface area contributed by atoms with E-state index in [4.69, 9.17) is 0 Å². The van der Waals surface area contributed by atoms with Gasteiger partial charge in [-0.05, 0) is 58.2 Å². The fourth-order valence-electron chi connectivity index (χ4n) is 1.91. The summed E-state index contributed by atoms with van der Waals surface area (Å²) in [6, 6.07) is 13.6. The monoisotopic (exact) mass is 395 g/mol. The van der Waals surface area contributed by atoms with Crippen LogP contribution in [0.2, 0.25) is 0 Å². The highest BCUT2D eigenvalue weighted by molar-refractivity contribution is 9.11. The quantitative estimate of drug-likeness (QED) is 0.710. The summed E-state index contributed by atoms with van der Waals surface area (Å²) >= 11 is 6.82. The van der Waals surface area contributed by atoms with Gasteiger partial charge in [-0.2, -0.15) is 0 Å². The largest absolute Gasteiger partial charge is 0.311 e. The van der Waals surface area contributed by atoms with E-state index in [9.17, 15) is 4.79 Å². The molecule has 0 heterocycles. The molecular weight excluding hydrogens is 382 g/mol. The number of halogens is 2. The fourth-order valence-corrected chi connectivity index (χ4v) is 2.69. The van der Waals surface area contributed by atoms with E-state index < -0.39 is 0 Å². The molecule has 0 radical (unpaired) electrons. The first-order valence-corrected chi connectivity index (χ1v) is 7.93.